The monoisotopic (exact) mass is 270 g/mol. The average Bonchev–Trinajstić information content (AvgIpc) is 2.47. The average molecular weight is 270 g/mol. The van der Waals surface area contributed by atoms with Crippen molar-refractivity contribution in [2.45, 2.75) is 26.2 Å². The van der Waals surface area contributed by atoms with Crippen LogP contribution in [0.1, 0.15) is 42.1 Å². The summed E-state index contributed by atoms with van der Waals surface area (Å²) in [5.74, 6) is 0.152. The van der Waals surface area contributed by atoms with Crippen LogP contribution in [0.2, 0.25) is 0 Å². The second-order valence-corrected chi connectivity index (χ2v) is 4.79. The summed E-state index contributed by atoms with van der Waals surface area (Å²) in [4.78, 5) is 25.7. The molecule has 0 unspecified atom stereocenters. The first-order valence-electron chi connectivity index (χ1n) is 6.71. The minimum absolute atomic E-state index is 0.221. The molecule has 0 saturated heterocycles. The number of rotatable bonds is 4. The standard InChI is InChI=1S/C16H18N2O2/c1-3-11(2)13-6-4-5-7-14(13)18-16(20)12-8-9-15(19)17-10-12/h4-11H,3H2,1-2H3,(H,17,19)(H,18,20)/t11-/m0/s1. The Morgan fingerprint density at radius 1 is 1.25 bits per heavy atom. The molecule has 0 bridgehead atoms. The van der Waals surface area contributed by atoms with E-state index in [-0.39, 0.29) is 11.5 Å². The van der Waals surface area contributed by atoms with E-state index in [1.54, 1.807) is 0 Å². The number of carbonyl (C=O) groups is 1. The molecule has 1 aromatic carbocycles. The van der Waals surface area contributed by atoms with Crippen molar-refractivity contribution in [1.82, 2.24) is 4.98 Å². The van der Waals surface area contributed by atoms with Gasteiger partial charge in [0, 0.05) is 18.0 Å². The third kappa shape index (κ3) is 3.15. The number of aromatic nitrogens is 1. The molecule has 0 aliphatic rings. The number of H-pyrrole nitrogens is 1. The Hall–Kier alpha value is -2.36. The number of nitrogens with one attached hydrogen (secondary N) is 2. The fourth-order valence-corrected chi connectivity index (χ4v) is 2.01. The summed E-state index contributed by atoms with van der Waals surface area (Å²) < 4.78 is 0. The zero-order valence-electron chi connectivity index (χ0n) is 11.6. The number of aromatic amines is 1. The van der Waals surface area contributed by atoms with Gasteiger partial charge in [0.05, 0.1) is 5.56 Å². The minimum atomic E-state index is -0.225. The van der Waals surface area contributed by atoms with Gasteiger partial charge in [-0.15, -0.1) is 0 Å². The van der Waals surface area contributed by atoms with E-state index in [4.69, 9.17) is 0 Å². The molecule has 4 heteroatoms. The van der Waals surface area contributed by atoms with Crippen LogP contribution >= 0.6 is 0 Å². The lowest BCUT2D eigenvalue weighted by Crippen LogP contribution is -2.16. The number of carbonyl (C=O) groups excluding carboxylic acids is 1. The Bertz CT molecular complexity index is 641. The SMILES string of the molecule is CC[C@H](C)c1ccccc1NC(=O)c1ccc(=O)[nH]c1. The molecule has 2 aromatic rings. The van der Waals surface area contributed by atoms with Gasteiger partial charge in [-0.2, -0.15) is 0 Å². The van der Waals surface area contributed by atoms with E-state index in [1.165, 1.54) is 18.3 Å². The van der Waals surface area contributed by atoms with Gasteiger partial charge in [0.15, 0.2) is 0 Å². The maximum atomic E-state index is 12.2. The van der Waals surface area contributed by atoms with Gasteiger partial charge in [-0.05, 0) is 30.0 Å². The van der Waals surface area contributed by atoms with E-state index < -0.39 is 0 Å². The lowest BCUT2D eigenvalue weighted by Gasteiger charge is -2.15. The number of hydrogen-bond donors (Lipinski definition) is 2. The molecule has 1 heterocycles. The zero-order chi connectivity index (χ0) is 14.5. The number of benzene rings is 1. The van der Waals surface area contributed by atoms with Gasteiger partial charge in [-0.25, -0.2) is 0 Å². The summed E-state index contributed by atoms with van der Waals surface area (Å²) >= 11 is 0. The van der Waals surface area contributed by atoms with E-state index in [0.717, 1.165) is 17.7 Å². The maximum Gasteiger partial charge on any atom is 0.257 e. The Morgan fingerprint density at radius 3 is 2.65 bits per heavy atom. The molecule has 104 valence electrons. The van der Waals surface area contributed by atoms with Crippen molar-refractivity contribution in [3.8, 4) is 0 Å². The summed E-state index contributed by atoms with van der Waals surface area (Å²) in [7, 11) is 0. The minimum Gasteiger partial charge on any atom is -0.328 e. The molecule has 0 radical (unpaired) electrons. The predicted molar refractivity (Wildman–Crippen MR) is 80.2 cm³/mol. The van der Waals surface area contributed by atoms with E-state index in [0.29, 0.717) is 11.5 Å². The van der Waals surface area contributed by atoms with Crippen molar-refractivity contribution in [3.05, 3.63) is 64.1 Å². The molecule has 0 fully saturated rings. The van der Waals surface area contributed by atoms with Crippen LogP contribution in [0.25, 0.3) is 0 Å². The molecular formula is C16H18N2O2. The van der Waals surface area contributed by atoms with Gasteiger partial charge in [0.25, 0.3) is 5.91 Å². The van der Waals surface area contributed by atoms with E-state index >= 15 is 0 Å². The van der Waals surface area contributed by atoms with Crippen LogP contribution in [0.5, 0.6) is 0 Å². The summed E-state index contributed by atoms with van der Waals surface area (Å²) in [5, 5.41) is 2.90. The first-order valence-corrected chi connectivity index (χ1v) is 6.71. The molecule has 1 aromatic heterocycles. The highest BCUT2D eigenvalue weighted by Gasteiger charge is 2.12. The Kier molecular flexibility index (Phi) is 4.35. The van der Waals surface area contributed by atoms with E-state index in [1.807, 2.05) is 24.3 Å². The van der Waals surface area contributed by atoms with Gasteiger partial charge in [0.2, 0.25) is 5.56 Å². The molecule has 2 rings (SSSR count). The van der Waals surface area contributed by atoms with Crippen molar-refractivity contribution < 1.29 is 4.79 Å². The fourth-order valence-electron chi connectivity index (χ4n) is 2.01. The highest BCUT2D eigenvalue weighted by Crippen LogP contribution is 2.26. The predicted octanol–water partition coefficient (Wildman–Crippen LogP) is 3.14. The van der Waals surface area contributed by atoms with Crippen LogP contribution in [-0.2, 0) is 0 Å². The van der Waals surface area contributed by atoms with Crippen molar-refractivity contribution in [3.63, 3.8) is 0 Å². The third-order valence-electron chi connectivity index (χ3n) is 3.40. The van der Waals surface area contributed by atoms with Gasteiger partial charge in [-0.1, -0.05) is 32.0 Å². The van der Waals surface area contributed by atoms with Crippen molar-refractivity contribution in [2.75, 3.05) is 5.32 Å². The van der Waals surface area contributed by atoms with Crippen LogP contribution < -0.4 is 10.9 Å². The van der Waals surface area contributed by atoms with Gasteiger partial charge in [0.1, 0.15) is 0 Å². The highest BCUT2D eigenvalue weighted by atomic mass is 16.1. The second-order valence-electron chi connectivity index (χ2n) is 4.79. The van der Waals surface area contributed by atoms with Crippen LogP contribution in [0.4, 0.5) is 5.69 Å². The molecule has 0 saturated carbocycles. The van der Waals surface area contributed by atoms with Gasteiger partial charge >= 0.3 is 0 Å². The van der Waals surface area contributed by atoms with Crippen LogP contribution in [0.15, 0.2) is 47.4 Å². The molecule has 0 aliphatic carbocycles. The molecule has 1 amide bonds. The molecule has 1 atom stereocenters. The zero-order valence-corrected chi connectivity index (χ0v) is 11.6. The largest absolute Gasteiger partial charge is 0.328 e. The third-order valence-corrected chi connectivity index (χ3v) is 3.40. The quantitative estimate of drug-likeness (QED) is 0.896. The van der Waals surface area contributed by atoms with Crippen molar-refractivity contribution >= 4 is 11.6 Å². The summed E-state index contributed by atoms with van der Waals surface area (Å²) in [6, 6.07) is 10.6. The lowest BCUT2D eigenvalue weighted by molar-refractivity contribution is 0.102. The van der Waals surface area contributed by atoms with Crippen molar-refractivity contribution in [1.29, 1.82) is 0 Å². The summed E-state index contributed by atoms with van der Waals surface area (Å²) in [6.07, 6.45) is 2.43. The number of para-hydroxylation sites is 1. The Morgan fingerprint density at radius 2 is 2.00 bits per heavy atom. The number of pyridine rings is 1. The second kappa shape index (κ2) is 6.19. The Balaban J connectivity index is 2.24. The van der Waals surface area contributed by atoms with Crippen molar-refractivity contribution in [2.24, 2.45) is 0 Å². The van der Waals surface area contributed by atoms with Crippen LogP contribution in [-0.4, -0.2) is 10.9 Å². The molecule has 0 aliphatic heterocycles. The smallest absolute Gasteiger partial charge is 0.257 e. The fraction of sp³-hybridized carbons (Fsp3) is 0.250. The molecule has 4 nitrogen and oxygen atoms in total. The van der Waals surface area contributed by atoms with Crippen LogP contribution in [0, 0.1) is 0 Å². The number of hydrogen-bond acceptors (Lipinski definition) is 2. The summed E-state index contributed by atoms with van der Waals surface area (Å²) in [5.41, 5.74) is 2.15. The molecule has 0 spiro atoms. The Labute approximate surface area is 117 Å². The summed E-state index contributed by atoms with van der Waals surface area (Å²) in [6.45, 7) is 4.25. The molecule has 2 N–H and O–H groups in total. The first kappa shape index (κ1) is 14.1. The van der Waals surface area contributed by atoms with Crippen LogP contribution in [0.3, 0.4) is 0 Å². The van der Waals surface area contributed by atoms with Gasteiger partial charge in [-0.3, -0.25) is 9.59 Å². The maximum absolute atomic E-state index is 12.2. The first-order chi connectivity index (χ1) is 9.61. The lowest BCUT2D eigenvalue weighted by atomic mass is 9.97. The number of anilines is 1. The molecule has 20 heavy (non-hydrogen) atoms. The molecular weight excluding hydrogens is 252 g/mol. The highest BCUT2D eigenvalue weighted by molar-refractivity contribution is 6.04. The normalized spacial score (nSPS) is 11.9. The van der Waals surface area contributed by atoms with E-state index in [9.17, 15) is 9.59 Å². The topological polar surface area (TPSA) is 62.0 Å². The number of amides is 1. The van der Waals surface area contributed by atoms with Gasteiger partial charge < -0.3 is 10.3 Å². The van der Waals surface area contributed by atoms with E-state index in [2.05, 4.69) is 24.1 Å².